The predicted octanol–water partition coefficient (Wildman–Crippen LogP) is 2.04. The van der Waals surface area contributed by atoms with E-state index >= 15 is 0 Å². The lowest BCUT2D eigenvalue weighted by Crippen LogP contribution is -2.38. The Bertz CT molecular complexity index is 548. The number of rotatable bonds is 4. The first kappa shape index (κ1) is 14.3. The summed E-state index contributed by atoms with van der Waals surface area (Å²) >= 11 is 0. The fourth-order valence-electron chi connectivity index (χ4n) is 3.67. The van der Waals surface area contributed by atoms with E-state index in [-0.39, 0.29) is 29.7 Å². The second-order valence-electron chi connectivity index (χ2n) is 6.19. The van der Waals surface area contributed by atoms with Crippen molar-refractivity contribution in [1.82, 2.24) is 10.2 Å². The molecule has 1 aliphatic carbocycles. The second kappa shape index (κ2) is 5.60. The first-order chi connectivity index (χ1) is 10.1. The number of imide groups is 1. The summed E-state index contributed by atoms with van der Waals surface area (Å²) in [5.74, 6) is -0.0224. The quantitative estimate of drug-likeness (QED) is 0.862. The van der Waals surface area contributed by atoms with E-state index in [2.05, 4.69) is 11.4 Å². The van der Waals surface area contributed by atoms with Gasteiger partial charge < -0.3 is 5.32 Å². The lowest BCUT2D eigenvalue weighted by Gasteiger charge is -2.23. The van der Waals surface area contributed by atoms with Crippen molar-refractivity contribution >= 4 is 11.8 Å². The summed E-state index contributed by atoms with van der Waals surface area (Å²) in [6, 6.07) is 8.20. The van der Waals surface area contributed by atoms with Crippen LogP contribution in [0.4, 0.5) is 0 Å². The Morgan fingerprint density at radius 2 is 1.90 bits per heavy atom. The van der Waals surface area contributed by atoms with Gasteiger partial charge in [-0.25, -0.2) is 0 Å². The average molecular weight is 286 g/mol. The van der Waals surface area contributed by atoms with Crippen LogP contribution in [-0.2, 0) is 9.59 Å². The number of benzene rings is 1. The van der Waals surface area contributed by atoms with Gasteiger partial charge in [-0.15, -0.1) is 0 Å². The minimum Gasteiger partial charge on any atom is -0.312 e. The number of hydrogen-bond acceptors (Lipinski definition) is 3. The Hall–Kier alpha value is -1.68. The van der Waals surface area contributed by atoms with Crippen LogP contribution in [0.15, 0.2) is 24.3 Å². The van der Waals surface area contributed by atoms with Crippen LogP contribution < -0.4 is 5.32 Å². The second-order valence-corrected chi connectivity index (χ2v) is 6.19. The molecule has 1 aromatic carbocycles. The number of carbonyl (C=O) groups is 2. The first-order valence-electron chi connectivity index (χ1n) is 7.71. The Morgan fingerprint density at radius 3 is 2.48 bits per heavy atom. The van der Waals surface area contributed by atoms with E-state index in [9.17, 15) is 9.59 Å². The highest BCUT2D eigenvalue weighted by Gasteiger charge is 2.49. The van der Waals surface area contributed by atoms with Crippen LogP contribution in [-0.4, -0.2) is 30.3 Å². The van der Waals surface area contributed by atoms with Crippen LogP contribution in [0.3, 0.4) is 0 Å². The smallest absolute Gasteiger partial charge is 0.233 e. The molecule has 21 heavy (non-hydrogen) atoms. The molecule has 0 spiro atoms. The van der Waals surface area contributed by atoms with Crippen LogP contribution in [0.1, 0.15) is 36.4 Å². The van der Waals surface area contributed by atoms with E-state index < -0.39 is 0 Å². The number of likely N-dealkylation sites (tertiary alicyclic amines) is 1. The molecule has 112 valence electrons. The van der Waals surface area contributed by atoms with Crippen molar-refractivity contribution in [1.29, 1.82) is 0 Å². The zero-order valence-electron chi connectivity index (χ0n) is 12.6. The van der Waals surface area contributed by atoms with E-state index in [0.29, 0.717) is 6.54 Å². The number of nitrogens with one attached hydrogen (secondary N) is 1. The molecular formula is C17H22N2O2. The Labute approximate surface area is 125 Å². The molecule has 2 fully saturated rings. The van der Waals surface area contributed by atoms with Crippen LogP contribution in [0.25, 0.3) is 0 Å². The van der Waals surface area contributed by atoms with E-state index in [4.69, 9.17) is 0 Å². The third kappa shape index (κ3) is 2.48. The molecule has 0 aromatic heterocycles. The van der Waals surface area contributed by atoms with Crippen molar-refractivity contribution in [3.05, 3.63) is 35.4 Å². The summed E-state index contributed by atoms with van der Waals surface area (Å²) in [6.45, 7) is 2.48. The van der Waals surface area contributed by atoms with Crippen molar-refractivity contribution in [2.24, 2.45) is 11.8 Å². The van der Waals surface area contributed by atoms with Gasteiger partial charge in [-0.05, 0) is 32.4 Å². The lowest BCUT2D eigenvalue weighted by molar-refractivity contribution is -0.140. The van der Waals surface area contributed by atoms with Crippen molar-refractivity contribution in [3.63, 3.8) is 0 Å². The van der Waals surface area contributed by atoms with E-state index in [0.717, 1.165) is 24.8 Å². The molecule has 1 saturated carbocycles. The maximum absolute atomic E-state index is 12.4. The molecule has 1 saturated heterocycles. The lowest BCUT2D eigenvalue weighted by atomic mass is 10.00. The van der Waals surface area contributed by atoms with Gasteiger partial charge in [0.25, 0.3) is 0 Å². The zero-order valence-corrected chi connectivity index (χ0v) is 12.6. The van der Waals surface area contributed by atoms with Gasteiger partial charge >= 0.3 is 0 Å². The van der Waals surface area contributed by atoms with Gasteiger partial charge in [-0.2, -0.15) is 0 Å². The highest BCUT2D eigenvalue weighted by atomic mass is 16.2. The Kier molecular flexibility index (Phi) is 3.81. The predicted molar refractivity (Wildman–Crippen MR) is 80.5 cm³/mol. The van der Waals surface area contributed by atoms with Crippen LogP contribution in [0, 0.1) is 18.8 Å². The summed E-state index contributed by atoms with van der Waals surface area (Å²) < 4.78 is 0. The van der Waals surface area contributed by atoms with Gasteiger partial charge in [0.2, 0.25) is 11.8 Å². The van der Waals surface area contributed by atoms with Gasteiger partial charge in [0.15, 0.2) is 0 Å². The average Bonchev–Trinajstić information content (AvgIpc) is 3.03. The summed E-state index contributed by atoms with van der Waals surface area (Å²) in [7, 11) is 1.87. The van der Waals surface area contributed by atoms with Crippen LogP contribution >= 0.6 is 0 Å². The number of likely N-dealkylation sites (N-methyl/N-ethyl adjacent to an activating group) is 1. The summed E-state index contributed by atoms with van der Waals surface area (Å²) in [5.41, 5.74) is 2.30. The van der Waals surface area contributed by atoms with Gasteiger partial charge in [0, 0.05) is 6.54 Å². The van der Waals surface area contributed by atoms with E-state index in [1.54, 1.807) is 0 Å². The summed E-state index contributed by atoms with van der Waals surface area (Å²) in [4.78, 5) is 26.3. The molecule has 0 radical (unpaired) electrons. The Balaban J connectivity index is 1.78. The highest BCUT2D eigenvalue weighted by Crippen LogP contribution is 2.40. The number of hydrogen-bond donors (Lipinski definition) is 1. The third-order valence-corrected chi connectivity index (χ3v) is 4.84. The molecule has 2 aliphatic rings. The molecule has 1 heterocycles. The van der Waals surface area contributed by atoms with Crippen LogP contribution in [0.5, 0.6) is 0 Å². The molecule has 3 unspecified atom stereocenters. The number of aryl methyl sites for hydroxylation is 1. The third-order valence-electron chi connectivity index (χ3n) is 4.84. The fourth-order valence-corrected chi connectivity index (χ4v) is 3.67. The standard InChI is InChI=1S/C17H22N2O2/c1-11-5-3-6-12(9-11)15(18-2)10-19-16(20)13-7-4-8-14(13)17(19)21/h3,5-6,9,13-15,18H,4,7-8,10H2,1-2H3. The van der Waals surface area contributed by atoms with Crippen molar-refractivity contribution in [2.75, 3.05) is 13.6 Å². The number of fused-ring (bicyclic) bond motifs is 1. The maximum Gasteiger partial charge on any atom is 0.233 e. The minimum atomic E-state index is -0.0486. The number of carbonyl (C=O) groups excluding carboxylic acids is 2. The molecule has 4 nitrogen and oxygen atoms in total. The van der Waals surface area contributed by atoms with Crippen LogP contribution in [0.2, 0.25) is 0 Å². The maximum atomic E-state index is 12.4. The van der Waals surface area contributed by atoms with Gasteiger partial charge in [0.05, 0.1) is 17.9 Å². The number of nitrogens with zero attached hydrogens (tertiary/aromatic N) is 1. The molecule has 1 aliphatic heterocycles. The van der Waals surface area contributed by atoms with Gasteiger partial charge in [0.1, 0.15) is 0 Å². The summed E-state index contributed by atoms with van der Waals surface area (Å²) in [5, 5.41) is 3.23. The van der Waals surface area contributed by atoms with Crippen molar-refractivity contribution < 1.29 is 9.59 Å². The zero-order chi connectivity index (χ0) is 15.0. The van der Waals surface area contributed by atoms with E-state index in [1.165, 1.54) is 10.5 Å². The molecule has 1 N–H and O–H groups in total. The number of amides is 2. The van der Waals surface area contributed by atoms with Crippen molar-refractivity contribution in [3.8, 4) is 0 Å². The first-order valence-corrected chi connectivity index (χ1v) is 7.71. The van der Waals surface area contributed by atoms with Crippen molar-refractivity contribution in [2.45, 2.75) is 32.2 Å². The molecule has 2 amide bonds. The topological polar surface area (TPSA) is 49.4 Å². The molecular weight excluding hydrogens is 264 g/mol. The SMILES string of the molecule is CNC(CN1C(=O)C2CCCC2C1=O)c1cccc(C)c1. The summed E-state index contributed by atoms with van der Waals surface area (Å²) in [6.07, 6.45) is 2.76. The normalized spacial score (nSPS) is 26.3. The molecule has 0 bridgehead atoms. The Morgan fingerprint density at radius 1 is 1.24 bits per heavy atom. The molecule has 3 rings (SSSR count). The molecule has 3 atom stereocenters. The molecule has 1 aromatic rings. The molecule has 4 heteroatoms. The van der Waals surface area contributed by atoms with Gasteiger partial charge in [-0.1, -0.05) is 36.2 Å². The van der Waals surface area contributed by atoms with E-state index in [1.807, 2.05) is 32.2 Å². The fraction of sp³-hybridized carbons (Fsp3) is 0.529. The minimum absolute atomic E-state index is 0.00312. The highest BCUT2D eigenvalue weighted by molar-refractivity contribution is 6.05. The largest absolute Gasteiger partial charge is 0.312 e. The monoisotopic (exact) mass is 286 g/mol. The van der Waals surface area contributed by atoms with Gasteiger partial charge in [-0.3, -0.25) is 14.5 Å².